The Labute approximate surface area is 292 Å². The van der Waals surface area contributed by atoms with Crippen LogP contribution in [0, 0.1) is 0 Å². The van der Waals surface area contributed by atoms with Gasteiger partial charge in [-0.1, -0.05) is 146 Å². The molecule has 0 unspecified atom stereocenters. The molecule has 0 aliphatic rings. The first-order valence-electron chi connectivity index (χ1n) is 17.3. The molecule has 0 spiro atoms. The van der Waals surface area contributed by atoms with E-state index in [1.165, 1.54) is 32.3 Å². The minimum Gasteiger partial charge on any atom is -0.291 e. The lowest BCUT2D eigenvalue weighted by Gasteiger charge is -2.16. The second kappa shape index (κ2) is 10.8. The van der Waals surface area contributed by atoms with Crippen LogP contribution in [0.4, 0.5) is 0 Å². The standard InChI is InChI=1S/C46H29N5/c1-3-15-30(16-4-1)38-29-43(48-46(47-38)31-17-5-2-6-18-31)49-39-23-11-7-21-34(39)36-27-28-37-35-22-10-14-26-42(35)51(45(37)44(36)49)50-40-24-12-8-19-32(40)33-20-9-13-25-41(33)50/h1-29H. The molecular formula is C46H29N5. The normalized spacial score (nSPS) is 11.9. The van der Waals surface area contributed by atoms with Crippen LogP contribution in [0.25, 0.3) is 93.9 Å². The molecule has 5 nitrogen and oxygen atoms in total. The summed E-state index contributed by atoms with van der Waals surface area (Å²) >= 11 is 0. The molecule has 0 saturated carbocycles. The maximum absolute atomic E-state index is 5.36. The molecule has 11 rings (SSSR count). The Morgan fingerprint density at radius 2 is 0.784 bits per heavy atom. The van der Waals surface area contributed by atoms with E-state index in [2.05, 4.69) is 166 Å². The predicted molar refractivity (Wildman–Crippen MR) is 210 cm³/mol. The largest absolute Gasteiger partial charge is 0.291 e. The fourth-order valence-corrected chi connectivity index (χ4v) is 8.06. The van der Waals surface area contributed by atoms with Crippen LogP contribution in [0.15, 0.2) is 176 Å². The van der Waals surface area contributed by atoms with Crippen LogP contribution in [0.3, 0.4) is 0 Å². The molecule has 0 amide bonds. The van der Waals surface area contributed by atoms with Crippen LogP contribution in [-0.4, -0.2) is 23.9 Å². The summed E-state index contributed by atoms with van der Waals surface area (Å²) in [7, 11) is 0. The van der Waals surface area contributed by atoms with E-state index < -0.39 is 0 Å². The summed E-state index contributed by atoms with van der Waals surface area (Å²) in [6, 6.07) is 62.3. The van der Waals surface area contributed by atoms with E-state index in [1.807, 2.05) is 24.3 Å². The SMILES string of the molecule is c1ccc(-c2cc(-n3c4ccccc4c4ccc5c6ccccc6n(-n6c7ccccc7c7ccccc76)c5c43)nc(-c3ccccc3)n2)cc1. The molecule has 4 aromatic heterocycles. The Morgan fingerprint density at radius 3 is 1.39 bits per heavy atom. The van der Waals surface area contributed by atoms with Crippen molar-refractivity contribution in [2.45, 2.75) is 0 Å². The van der Waals surface area contributed by atoms with Gasteiger partial charge in [-0.3, -0.25) is 4.57 Å². The Balaban J connectivity index is 1.35. The second-order valence-electron chi connectivity index (χ2n) is 13.1. The first-order valence-corrected chi connectivity index (χ1v) is 17.3. The molecule has 0 N–H and O–H groups in total. The zero-order valence-electron chi connectivity index (χ0n) is 27.5. The number of rotatable bonds is 4. The van der Waals surface area contributed by atoms with E-state index in [1.54, 1.807) is 0 Å². The lowest BCUT2D eigenvalue weighted by Crippen LogP contribution is -2.10. The van der Waals surface area contributed by atoms with Crippen LogP contribution in [0.2, 0.25) is 0 Å². The number of aromatic nitrogens is 5. The summed E-state index contributed by atoms with van der Waals surface area (Å²) in [5, 5.41) is 7.18. The zero-order valence-corrected chi connectivity index (χ0v) is 27.5. The van der Waals surface area contributed by atoms with E-state index in [9.17, 15) is 0 Å². The second-order valence-corrected chi connectivity index (χ2v) is 13.1. The molecule has 0 aliphatic carbocycles. The smallest absolute Gasteiger partial charge is 0.162 e. The highest BCUT2D eigenvalue weighted by atomic mass is 15.5. The third-order valence-electron chi connectivity index (χ3n) is 10.2. The van der Waals surface area contributed by atoms with Gasteiger partial charge in [0, 0.05) is 49.5 Å². The molecule has 0 radical (unpaired) electrons. The lowest BCUT2D eigenvalue weighted by atomic mass is 10.1. The van der Waals surface area contributed by atoms with Gasteiger partial charge in [0.05, 0.1) is 38.8 Å². The van der Waals surface area contributed by atoms with Crippen molar-refractivity contribution in [3.05, 3.63) is 176 Å². The van der Waals surface area contributed by atoms with Gasteiger partial charge in [-0.2, -0.15) is 0 Å². The van der Waals surface area contributed by atoms with Crippen molar-refractivity contribution in [1.82, 2.24) is 23.9 Å². The molecule has 0 bridgehead atoms. The monoisotopic (exact) mass is 651 g/mol. The molecule has 0 aliphatic heterocycles. The molecule has 0 saturated heterocycles. The highest BCUT2D eigenvalue weighted by Gasteiger charge is 2.24. The van der Waals surface area contributed by atoms with Gasteiger partial charge in [0.1, 0.15) is 5.82 Å². The van der Waals surface area contributed by atoms with Gasteiger partial charge in [-0.05, 0) is 24.3 Å². The van der Waals surface area contributed by atoms with E-state index in [0.717, 1.165) is 55.7 Å². The van der Waals surface area contributed by atoms with Crippen molar-refractivity contribution in [2.24, 2.45) is 0 Å². The summed E-state index contributed by atoms with van der Waals surface area (Å²) in [5.74, 6) is 1.51. The summed E-state index contributed by atoms with van der Waals surface area (Å²) in [4.78, 5) is 10.5. The number of hydrogen-bond donors (Lipinski definition) is 0. The first kappa shape index (κ1) is 27.9. The molecule has 11 aromatic rings. The average Bonchev–Trinajstić information content (AvgIpc) is 3.84. The number of para-hydroxylation sites is 4. The van der Waals surface area contributed by atoms with Gasteiger partial charge < -0.3 is 0 Å². The van der Waals surface area contributed by atoms with Crippen LogP contribution in [0.1, 0.15) is 0 Å². The molecule has 0 fully saturated rings. The van der Waals surface area contributed by atoms with Gasteiger partial charge in [-0.15, -0.1) is 0 Å². The Kier molecular flexibility index (Phi) is 5.89. The topological polar surface area (TPSA) is 40.6 Å². The maximum atomic E-state index is 5.36. The third-order valence-corrected chi connectivity index (χ3v) is 10.2. The quantitative estimate of drug-likeness (QED) is 0.190. The van der Waals surface area contributed by atoms with E-state index >= 15 is 0 Å². The van der Waals surface area contributed by atoms with Crippen molar-refractivity contribution in [3.8, 4) is 28.5 Å². The minimum absolute atomic E-state index is 0.688. The van der Waals surface area contributed by atoms with Crippen molar-refractivity contribution < 1.29 is 0 Å². The van der Waals surface area contributed by atoms with Gasteiger partial charge in [0.15, 0.2) is 5.82 Å². The summed E-state index contributed by atoms with van der Waals surface area (Å²) in [5.41, 5.74) is 9.66. The van der Waals surface area contributed by atoms with Gasteiger partial charge >= 0.3 is 0 Å². The number of nitrogens with zero attached hydrogens (tertiary/aromatic N) is 5. The maximum Gasteiger partial charge on any atom is 0.162 e. The van der Waals surface area contributed by atoms with Crippen LogP contribution >= 0.6 is 0 Å². The molecule has 4 heterocycles. The third kappa shape index (κ3) is 4.03. The van der Waals surface area contributed by atoms with E-state index in [0.29, 0.717) is 5.82 Å². The lowest BCUT2D eigenvalue weighted by molar-refractivity contribution is 0.775. The Morgan fingerprint density at radius 1 is 0.333 bits per heavy atom. The molecule has 0 atom stereocenters. The summed E-state index contributed by atoms with van der Waals surface area (Å²) in [6.07, 6.45) is 0. The minimum atomic E-state index is 0.688. The van der Waals surface area contributed by atoms with Crippen LogP contribution in [0.5, 0.6) is 0 Å². The number of benzene rings is 7. The predicted octanol–water partition coefficient (Wildman–Crippen LogP) is 11.4. The number of fused-ring (bicyclic) bond motifs is 10. The highest BCUT2D eigenvalue weighted by molar-refractivity contribution is 6.23. The van der Waals surface area contributed by atoms with Crippen molar-refractivity contribution in [2.75, 3.05) is 0 Å². The summed E-state index contributed by atoms with van der Waals surface area (Å²) in [6.45, 7) is 0. The van der Waals surface area contributed by atoms with Crippen molar-refractivity contribution in [3.63, 3.8) is 0 Å². The molecule has 51 heavy (non-hydrogen) atoms. The van der Waals surface area contributed by atoms with Gasteiger partial charge in [0.25, 0.3) is 0 Å². The van der Waals surface area contributed by atoms with Crippen molar-refractivity contribution >= 4 is 65.4 Å². The van der Waals surface area contributed by atoms with Gasteiger partial charge in [-0.25, -0.2) is 19.3 Å². The average molecular weight is 652 g/mol. The van der Waals surface area contributed by atoms with E-state index in [-0.39, 0.29) is 0 Å². The molecule has 5 heteroatoms. The molecular weight excluding hydrogens is 623 g/mol. The fourth-order valence-electron chi connectivity index (χ4n) is 8.06. The van der Waals surface area contributed by atoms with E-state index in [4.69, 9.17) is 9.97 Å². The Hall–Kier alpha value is -6.98. The van der Waals surface area contributed by atoms with Crippen LogP contribution in [-0.2, 0) is 0 Å². The van der Waals surface area contributed by atoms with Gasteiger partial charge in [0.2, 0.25) is 0 Å². The molecule has 238 valence electrons. The first-order chi connectivity index (χ1) is 25.3. The van der Waals surface area contributed by atoms with Crippen LogP contribution < -0.4 is 0 Å². The van der Waals surface area contributed by atoms with Crippen molar-refractivity contribution in [1.29, 1.82) is 0 Å². The number of hydrogen-bond acceptors (Lipinski definition) is 2. The highest BCUT2D eigenvalue weighted by Crippen LogP contribution is 2.42. The summed E-state index contributed by atoms with van der Waals surface area (Å²) < 4.78 is 7.20. The fraction of sp³-hybridized carbons (Fsp3) is 0. The molecule has 7 aromatic carbocycles. The zero-order chi connectivity index (χ0) is 33.5. The Bertz CT molecular complexity index is 3020.